The molecule has 0 fully saturated rings. The van der Waals surface area contributed by atoms with Crippen LogP contribution in [-0.2, 0) is 55.8 Å². The second-order valence-electron chi connectivity index (χ2n) is 32.7. The Balaban J connectivity index is 0.000000142. The van der Waals surface area contributed by atoms with Crippen molar-refractivity contribution in [3.63, 3.8) is 0 Å². The third-order valence-corrected chi connectivity index (χ3v) is 19.4. The van der Waals surface area contributed by atoms with Crippen LogP contribution in [0.15, 0.2) is 200 Å². The van der Waals surface area contributed by atoms with Crippen molar-refractivity contribution in [3.05, 3.63) is 239 Å². The number of aromatic nitrogens is 8. The molecular weight excluding hydrogens is 1190 g/mol. The third-order valence-electron chi connectivity index (χ3n) is 19.4. The Morgan fingerprint density at radius 1 is 0.286 bits per heavy atom. The summed E-state index contributed by atoms with van der Waals surface area (Å²) in [5.41, 5.74) is 27.5. The van der Waals surface area contributed by atoms with Crippen molar-refractivity contribution in [1.82, 2.24) is 18.3 Å². The van der Waals surface area contributed by atoms with Crippen molar-refractivity contribution < 1.29 is 18.3 Å². The molecule has 0 atom stereocenters. The molecule has 0 aliphatic rings. The van der Waals surface area contributed by atoms with Gasteiger partial charge in [-0.2, -0.15) is 0 Å². The maximum Gasteiger partial charge on any atom is 0.290 e. The molecule has 9 aromatic carbocycles. The molecule has 4 heterocycles. The van der Waals surface area contributed by atoms with E-state index in [0.717, 1.165) is 0 Å². The zero-order valence-corrected chi connectivity index (χ0v) is 64.2. The summed E-state index contributed by atoms with van der Waals surface area (Å²) in [6, 6.07) is 72.6. The zero-order valence-electron chi connectivity index (χ0n) is 64.2. The van der Waals surface area contributed by atoms with Crippen LogP contribution in [0.1, 0.15) is 163 Å². The number of para-hydroxylation sites is 8. The summed E-state index contributed by atoms with van der Waals surface area (Å²) >= 11 is 0. The van der Waals surface area contributed by atoms with Gasteiger partial charge >= 0.3 is 0 Å². The van der Waals surface area contributed by atoms with Crippen molar-refractivity contribution in [2.75, 3.05) is 0 Å². The first kappa shape index (κ1) is 71.6. The number of nitrogens with zero attached hydrogens (tertiary/aromatic N) is 8. The Labute approximate surface area is 587 Å². The molecule has 0 radical (unpaired) electrons. The number of imidazole rings is 4. The van der Waals surface area contributed by atoms with Crippen LogP contribution in [0.2, 0.25) is 0 Å². The lowest BCUT2D eigenvalue weighted by molar-refractivity contribution is -0.634. The molecule has 13 aromatic rings. The first-order valence-electron chi connectivity index (χ1n) is 35.4. The topological polar surface area (TPSA) is 35.2 Å². The standard InChI is InChI=1S/C25H27N2.C23H31N2.C22H29N2.C20H25N2/c1-18-17-20(19-11-7-6-8-12-19)15-16-21(18)24-26(5)22-13-9-10-14-23(22)27(24)25(2,3)4;1-16-15-17(22(2,3)4)13-14-18(16)21-24(8)19-11-9-10-12-20(19)25(21)23(5,6)7;1-15(2)17-12-13-18(16(3)14-17)21-23(7)19-10-8-9-11-20(19)24(21)22(4,5)6;1-14-11-12-16(15(2)13-14)19-21(6)17-9-7-8-10-18(17)22(19)20(3,4)5/h6-17H,1-5H3;9-15H,1-8H3;8-15H,1-7H3;7-13H,1-6H3/q4*+1. The summed E-state index contributed by atoms with van der Waals surface area (Å²) < 4.78 is 19.2. The third kappa shape index (κ3) is 14.1. The van der Waals surface area contributed by atoms with Crippen LogP contribution in [0.4, 0.5) is 0 Å². The molecule has 4 aromatic heterocycles. The molecule has 0 unspecified atom stereocenters. The van der Waals surface area contributed by atoms with E-state index in [1.54, 1.807) is 0 Å². The van der Waals surface area contributed by atoms with Gasteiger partial charge in [0.25, 0.3) is 23.3 Å². The molecule has 0 N–H and O–H groups in total. The van der Waals surface area contributed by atoms with E-state index in [2.05, 4.69) is 417 Å². The Morgan fingerprint density at radius 2 is 0.582 bits per heavy atom. The fourth-order valence-corrected chi connectivity index (χ4v) is 14.6. The van der Waals surface area contributed by atoms with Crippen LogP contribution in [0.3, 0.4) is 0 Å². The van der Waals surface area contributed by atoms with Gasteiger partial charge in [-0.15, -0.1) is 0 Å². The smallest absolute Gasteiger partial charge is 0.226 e. The highest BCUT2D eigenvalue weighted by Gasteiger charge is 2.37. The van der Waals surface area contributed by atoms with Crippen molar-refractivity contribution in [3.8, 4) is 56.7 Å². The minimum atomic E-state index is -0.0132. The van der Waals surface area contributed by atoms with Crippen molar-refractivity contribution >= 4 is 44.1 Å². The van der Waals surface area contributed by atoms with Crippen LogP contribution < -0.4 is 18.3 Å². The summed E-state index contributed by atoms with van der Waals surface area (Å²) in [6.45, 7) is 49.6. The Kier molecular flexibility index (Phi) is 19.9. The predicted molar refractivity (Wildman–Crippen MR) is 416 cm³/mol. The van der Waals surface area contributed by atoms with Crippen molar-refractivity contribution in [2.45, 2.75) is 186 Å². The van der Waals surface area contributed by atoms with Crippen LogP contribution in [0.25, 0.3) is 101 Å². The highest BCUT2D eigenvalue weighted by Crippen LogP contribution is 2.38. The van der Waals surface area contributed by atoms with Gasteiger partial charge in [-0.05, 0) is 246 Å². The van der Waals surface area contributed by atoms with E-state index in [1.165, 1.54) is 140 Å². The maximum atomic E-state index is 2.47. The van der Waals surface area contributed by atoms with Gasteiger partial charge in [0.2, 0.25) is 0 Å². The van der Waals surface area contributed by atoms with Gasteiger partial charge in [0.05, 0.1) is 50.4 Å². The van der Waals surface area contributed by atoms with E-state index >= 15 is 0 Å². The van der Waals surface area contributed by atoms with Crippen LogP contribution in [0, 0.1) is 34.6 Å². The fourth-order valence-electron chi connectivity index (χ4n) is 14.6. The van der Waals surface area contributed by atoms with E-state index in [9.17, 15) is 0 Å². The first-order chi connectivity index (χ1) is 45.9. The molecule has 0 saturated heterocycles. The number of hydrogen-bond acceptors (Lipinski definition) is 0. The van der Waals surface area contributed by atoms with E-state index in [-0.39, 0.29) is 27.6 Å². The van der Waals surface area contributed by atoms with E-state index in [0.29, 0.717) is 5.92 Å². The van der Waals surface area contributed by atoms with Crippen molar-refractivity contribution in [1.29, 1.82) is 0 Å². The molecule has 0 bridgehead atoms. The van der Waals surface area contributed by atoms with Gasteiger partial charge in [-0.3, -0.25) is 0 Å². The number of fused-ring (bicyclic) bond motifs is 4. The van der Waals surface area contributed by atoms with Gasteiger partial charge in [0, 0.05) is 0 Å². The molecule has 98 heavy (non-hydrogen) atoms. The minimum Gasteiger partial charge on any atom is -0.226 e. The first-order valence-corrected chi connectivity index (χ1v) is 35.4. The molecule has 0 aliphatic carbocycles. The highest BCUT2D eigenvalue weighted by molar-refractivity contribution is 5.81. The van der Waals surface area contributed by atoms with Gasteiger partial charge in [0.1, 0.15) is 22.2 Å². The predicted octanol–water partition coefficient (Wildman–Crippen LogP) is 21.2. The summed E-state index contributed by atoms with van der Waals surface area (Å²) in [5, 5.41) is 0. The maximum absolute atomic E-state index is 2.47. The quantitative estimate of drug-likeness (QED) is 0.149. The molecule has 8 heteroatoms. The number of rotatable bonds is 6. The second kappa shape index (κ2) is 27.3. The van der Waals surface area contributed by atoms with Crippen LogP contribution in [-0.4, -0.2) is 18.3 Å². The van der Waals surface area contributed by atoms with E-state index < -0.39 is 0 Å². The molecule has 0 saturated carbocycles. The molecule has 0 amide bonds. The lowest BCUT2D eigenvalue weighted by Gasteiger charge is -2.22. The van der Waals surface area contributed by atoms with Crippen LogP contribution in [0.5, 0.6) is 0 Å². The zero-order chi connectivity index (χ0) is 71.5. The van der Waals surface area contributed by atoms with Gasteiger partial charge in [-0.25, -0.2) is 36.5 Å². The Morgan fingerprint density at radius 3 is 0.888 bits per heavy atom. The van der Waals surface area contributed by atoms with E-state index in [1.807, 2.05) is 0 Å². The molecule has 8 nitrogen and oxygen atoms in total. The molecular formula is C90H112N8+4. The van der Waals surface area contributed by atoms with Crippen LogP contribution >= 0.6 is 0 Å². The van der Waals surface area contributed by atoms with Gasteiger partial charge in [-0.1, -0.05) is 168 Å². The Hall–Kier alpha value is -9.14. The second-order valence-corrected chi connectivity index (χ2v) is 32.7. The normalized spacial score (nSPS) is 12.3. The Bertz CT molecular complexity index is 5060. The molecule has 0 aliphatic heterocycles. The summed E-state index contributed by atoms with van der Waals surface area (Å²) in [4.78, 5) is 0. The lowest BCUT2D eigenvalue weighted by atomic mass is 9.85. The van der Waals surface area contributed by atoms with Crippen molar-refractivity contribution in [2.24, 2.45) is 28.2 Å². The lowest BCUT2D eigenvalue weighted by Crippen LogP contribution is -2.33. The summed E-state index contributed by atoms with van der Waals surface area (Å²) in [7, 11) is 8.69. The summed E-state index contributed by atoms with van der Waals surface area (Å²) in [6.07, 6.45) is 0. The molecule has 508 valence electrons. The minimum absolute atomic E-state index is 0.00529. The average molecular weight is 1310 g/mol. The molecule has 13 rings (SSSR count). The SMILES string of the molecule is Cc1cc(-c2ccccc2)ccc1-c1n(C(C)(C)C)c2ccccc2[n+]1C.Cc1cc(C(C)(C)C)ccc1-c1n(C(C)(C)C)c2ccccc2[n+]1C.Cc1cc(C(C)C)ccc1-c1n(C(C)(C)C)c2ccccc2[n+]1C.Cc1ccc(-c2n(C(C)(C)C)c3ccccc3[n+]2C)c(C)c1. The van der Waals surface area contributed by atoms with Gasteiger partial charge < -0.3 is 0 Å². The van der Waals surface area contributed by atoms with E-state index in [4.69, 9.17) is 0 Å². The highest BCUT2D eigenvalue weighted by atomic mass is 15.2. The number of hydrogen-bond donors (Lipinski definition) is 0. The monoisotopic (exact) mass is 1300 g/mol. The average Bonchev–Trinajstić information content (AvgIpc) is 1.61. The number of aryl methyl sites for hydroxylation is 9. The molecule has 0 spiro atoms. The number of benzene rings is 9. The summed E-state index contributed by atoms with van der Waals surface area (Å²) in [5.74, 6) is 5.62. The fraction of sp³-hybridized carbons (Fsp3) is 0.356. The van der Waals surface area contributed by atoms with Gasteiger partial charge in [0.15, 0.2) is 44.1 Å². The largest absolute Gasteiger partial charge is 0.290 e.